The van der Waals surface area contributed by atoms with E-state index in [1.54, 1.807) is 20.3 Å². The Hall–Kier alpha value is -2.08. The molecule has 0 saturated carbocycles. The maximum atomic E-state index is 5.53. The standard InChI is InChI=1S/C14H16N2O4/c1-17-10-6-9(7-11(8-10)18-2)13-15-14(20-16-13)12-4-3-5-19-12/h6-8,12H,3-5H2,1-2H3. The number of benzene rings is 1. The number of ether oxygens (including phenoxy) is 3. The lowest BCUT2D eigenvalue weighted by Gasteiger charge is -2.05. The molecule has 2 aromatic rings. The van der Waals surface area contributed by atoms with E-state index in [2.05, 4.69) is 10.1 Å². The van der Waals surface area contributed by atoms with E-state index in [4.69, 9.17) is 18.7 Å². The van der Waals surface area contributed by atoms with Gasteiger partial charge in [0.05, 0.1) is 14.2 Å². The molecule has 0 radical (unpaired) electrons. The van der Waals surface area contributed by atoms with Crippen molar-refractivity contribution in [2.75, 3.05) is 20.8 Å². The molecule has 2 heterocycles. The fourth-order valence-electron chi connectivity index (χ4n) is 2.19. The van der Waals surface area contributed by atoms with E-state index >= 15 is 0 Å². The van der Waals surface area contributed by atoms with E-state index in [9.17, 15) is 0 Å². The van der Waals surface area contributed by atoms with Crippen molar-refractivity contribution in [1.82, 2.24) is 10.1 Å². The van der Waals surface area contributed by atoms with Crippen LogP contribution in [0.2, 0.25) is 0 Å². The van der Waals surface area contributed by atoms with Crippen LogP contribution in [0.15, 0.2) is 22.7 Å². The summed E-state index contributed by atoms with van der Waals surface area (Å²) in [5.74, 6) is 2.40. The summed E-state index contributed by atoms with van der Waals surface area (Å²) in [7, 11) is 3.21. The molecule has 0 aliphatic carbocycles. The molecule has 1 fully saturated rings. The zero-order chi connectivity index (χ0) is 13.9. The van der Waals surface area contributed by atoms with E-state index in [0.717, 1.165) is 25.0 Å². The molecular weight excluding hydrogens is 260 g/mol. The summed E-state index contributed by atoms with van der Waals surface area (Å²) in [5, 5.41) is 4.00. The summed E-state index contributed by atoms with van der Waals surface area (Å²) in [6.07, 6.45) is 1.86. The zero-order valence-electron chi connectivity index (χ0n) is 11.5. The largest absolute Gasteiger partial charge is 0.497 e. The van der Waals surface area contributed by atoms with Gasteiger partial charge in [0.2, 0.25) is 5.82 Å². The Morgan fingerprint density at radius 1 is 1.15 bits per heavy atom. The zero-order valence-corrected chi connectivity index (χ0v) is 11.5. The number of nitrogens with zero attached hydrogens (tertiary/aromatic N) is 2. The van der Waals surface area contributed by atoms with Crippen LogP contribution >= 0.6 is 0 Å². The van der Waals surface area contributed by atoms with Crippen molar-refractivity contribution >= 4 is 0 Å². The predicted molar refractivity (Wildman–Crippen MR) is 70.8 cm³/mol. The van der Waals surface area contributed by atoms with Gasteiger partial charge in [-0.15, -0.1) is 0 Å². The molecule has 20 heavy (non-hydrogen) atoms. The van der Waals surface area contributed by atoms with Gasteiger partial charge in [-0.25, -0.2) is 0 Å². The van der Waals surface area contributed by atoms with Crippen LogP contribution in [0.1, 0.15) is 24.8 Å². The molecule has 0 N–H and O–H groups in total. The van der Waals surface area contributed by atoms with Crippen LogP contribution in [0, 0.1) is 0 Å². The minimum absolute atomic E-state index is 0.0799. The summed E-state index contributed by atoms with van der Waals surface area (Å²) in [4.78, 5) is 4.40. The second kappa shape index (κ2) is 5.50. The van der Waals surface area contributed by atoms with Gasteiger partial charge in [-0.1, -0.05) is 5.16 Å². The van der Waals surface area contributed by atoms with Crippen LogP contribution < -0.4 is 9.47 Å². The number of methoxy groups -OCH3 is 2. The minimum Gasteiger partial charge on any atom is -0.497 e. The molecule has 0 bridgehead atoms. The lowest BCUT2D eigenvalue weighted by molar-refractivity contribution is 0.0835. The quantitative estimate of drug-likeness (QED) is 0.855. The van der Waals surface area contributed by atoms with Gasteiger partial charge in [-0.2, -0.15) is 4.98 Å². The van der Waals surface area contributed by atoms with Gasteiger partial charge in [-0.05, 0) is 25.0 Å². The third-order valence-corrected chi connectivity index (χ3v) is 3.26. The van der Waals surface area contributed by atoms with Crippen molar-refractivity contribution in [2.45, 2.75) is 18.9 Å². The highest BCUT2D eigenvalue weighted by Crippen LogP contribution is 2.31. The van der Waals surface area contributed by atoms with Gasteiger partial charge >= 0.3 is 0 Å². The number of rotatable bonds is 4. The number of hydrogen-bond acceptors (Lipinski definition) is 6. The minimum atomic E-state index is -0.0799. The maximum Gasteiger partial charge on any atom is 0.256 e. The Morgan fingerprint density at radius 2 is 1.90 bits per heavy atom. The Balaban J connectivity index is 1.92. The highest BCUT2D eigenvalue weighted by molar-refractivity contribution is 5.60. The van der Waals surface area contributed by atoms with Crippen molar-refractivity contribution in [1.29, 1.82) is 0 Å². The molecule has 1 atom stereocenters. The lowest BCUT2D eigenvalue weighted by atomic mass is 10.2. The Morgan fingerprint density at radius 3 is 2.50 bits per heavy atom. The monoisotopic (exact) mass is 276 g/mol. The molecule has 1 aliphatic heterocycles. The van der Waals surface area contributed by atoms with E-state index in [-0.39, 0.29) is 6.10 Å². The van der Waals surface area contributed by atoms with E-state index in [1.807, 2.05) is 12.1 Å². The first-order valence-electron chi connectivity index (χ1n) is 6.49. The number of aromatic nitrogens is 2. The molecule has 1 aliphatic rings. The van der Waals surface area contributed by atoms with Crippen LogP contribution in [0.25, 0.3) is 11.4 Å². The SMILES string of the molecule is COc1cc(OC)cc(-c2noc(C3CCCO3)n2)c1. The fourth-order valence-corrected chi connectivity index (χ4v) is 2.19. The van der Waals surface area contributed by atoms with Crippen molar-refractivity contribution in [3.05, 3.63) is 24.1 Å². The lowest BCUT2D eigenvalue weighted by Crippen LogP contribution is -1.95. The Bertz CT molecular complexity index is 568. The van der Waals surface area contributed by atoms with Gasteiger partial charge in [0.1, 0.15) is 17.6 Å². The van der Waals surface area contributed by atoms with Gasteiger partial charge in [-0.3, -0.25) is 0 Å². The third kappa shape index (κ3) is 2.46. The molecule has 3 rings (SSSR count). The van der Waals surface area contributed by atoms with Crippen LogP contribution in [0.3, 0.4) is 0 Å². The second-order valence-electron chi connectivity index (χ2n) is 4.56. The summed E-state index contributed by atoms with van der Waals surface area (Å²) in [6, 6.07) is 5.48. The first-order chi connectivity index (χ1) is 9.80. The van der Waals surface area contributed by atoms with Crippen molar-refractivity contribution < 1.29 is 18.7 Å². The fraction of sp³-hybridized carbons (Fsp3) is 0.429. The first kappa shape index (κ1) is 12.9. The van der Waals surface area contributed by atoms with Gasteiger partial charge < -0.3 is 18.7 Å². The summed E-state index contributed by atoms with van der Waals surface area (Å²) >= 11 is 0. The average Bonchev–Trinajstić information content (AvgIpc) is 3.17. The third-order valence-electron chi connectivity index (χ3n) is 3.26. The predicted octanol–water partition coefficient (Wildman–Crippen LogP) is 2.61. The molecule has 1 aromatic carbocycles. The van der Waals surface area contributed by atoms with Gasteiger partial charge in [0.25, 0.3) is 5.89 Å². The number of hydrogen-bond donors (Lipinski definition) is 0. The van der Waals surface area contributed by atoms with Crippen molar-refractivity contribution in [3.63, 3.8) is 0 Å². The average molecular weight is 276 g/mol. The molecular formula is C14H16N2O4. The molecule has 1 unspecified atom stereocenters. The molecule has 0 spiro atoms. The van der Waals surface area contributed by atoms with E-state index < -0.39 is 0 Å². The summed E-state index contributed by atoms with van der Waals surface area (Å²) < 4.78 is 21.3. The van der Waals surface area contributed by atoms with E-state index in [1.165, 1.54) is 0 Å². The molecule has 1 aromatic heterocycles. The maximum absolute atomic E-state index is 5.53. The molecule has 0 amide bonds. The van der Waals surface area contributed by atoms with Crippen LogP contribution in [0.5, 0.6) is 11.5 Å². The summed E-state index contributed by atoms with van der Waals surface area (Å²) in [5.41, 5.74) is 0.786. The highest BCUT2D eigenvalue weighted by Gasteiger charge is 2.24. The molecule has 6 heteroatoms. The highest BCUT2D eigenvalue weighted by atomic mass is 16.5. The topological polar surface area (TPSA) is 66.6 Å². The summed E-state index contributed by atoms with van der Waals surface area (Å²) in [6.45, 7) is 0.745. The Labute approximate surface area is 116 Å². The van der Waals surface area contributed by atoms with E-state index in [0.29, 0.717) is 23.2 Å². The first-order valence-corrected chi connectivity index (χ1v) is 6.49. The smallest absolute Gasteiger partial charge is 0.256 e. The van der Waals surface area contributed by atoms with Crippen molar-refractivity contribution in [3.8, 4) is 22.9 Å². The normalized spacial score (nSPS) is 18.2. The molecule has 1 saturated heterocycles. The Kier molecular flexibility index (Phi) is 3.56. The second-order valence-corrected chi connectivity index (χ2v) is 4.56. The molecule has 6 nitrogen and oxygen atoms in total. The molecule has 106 valence electrons. The van der Waals surface area contributed by atoms with Gasteiger partial charge in [0, 0.05) is 18.2 Å². The van der Waals surface area contributed by atoms with Crippen LogP contribution in [-0.4, -0.2) is 31.0 Å². The van der Waals surface area contributed by atoms with Gasteiger partial charge in [0.15, 0.2) is 0 Å². The van der Waals surface area contributed by atoms with Crippen LogP contribution in [-0.2, 0) is 4.74 Å². The van der Waals surface area contributed by atoms with Crippen molar-refractivity contribution in [2.24, 2.45) is 0 Å². The van der Waals surface area contributed by atoms with Crippen LogP contribution in [0.4, 0.5) is 0 Å².